The molecule has 0 radical (unpaired) electrons. The second-order valence-electron chi connectivity index (χ2n) is 10.9. The van der Waals surface area contributed by atoms with Crippen LogP contribution < -0.4 is 18.9 Å². The Morgan fingerprint density at radius 2 is 0.972 bits per heavy atom. The summed E-state index contributed by atoms with van der Waals surface area (Å²) in [7, 11) is 0. The Balaban J connectivity index is 1.33. The van der Waals surface area contributed by atoms with E-state index in [1.54, 1.807) is 0 Å². The molecule has 0 saturated heterocycles. The molecule has 1 fully saturated rings. The Morgan fingerprint density at radius 3 is 1.39 bits per heavy atom. The zero-order chi connectivity index (χ0) is 25.0. The quantitative estimate of drug-likeness (QED) is 0.385. The molecule has 2 heterocycles. The molecule has 0 spiro atoms. The first kappa shape index (κ1) is 21.8. The lowest BCUT2D eigenvalue weighted by molar-refractivity contribution is -0.101. The maximum Gasteiger partial charge on any atom is 0.245 e. The standard InChI is InChI=1S/C30H28O6/c1-29(2)33-19-9-5-7-15-11-13-17(27(35-29)21(15)19)23-25(31)24(26(23)32)18-14-12-16-8-6-10-20-22(16)28(18)36-30(3,4)34-20/h5-14,23-26,31-32H,1-4H3. The van der Waals surface area contributed by atoms with Gasteiger partial charge in [0.15, 0.2) is 0 Å². The zero-order valence-electron chi connectivity index (χ0n) is 20.6. The van der Waals surface area contributed by atoms with Crippen molar-refractivity contribution >= 4 is 21.5 Å². The molecule has 36 heavy (non-hydrogen) atoms. The van der Waals surface area contributed by atoms with Crippen LogP contribution in [0.5, 0.6) is 23.0 Å². The maximum absolute atomic E-state index is 11.5. The Morgan fingerprint density at radius 1 is 0.556 bits per heavy atom. The fourth-order valence-corrected chi connectivity index (χ4v) is 6.08. The summed E-state index contributed by atoms with van der Waals surface area (Å²) in [6.07, 6.45) is -1.66. The molecule has 1 aliphatic carbocycles. The molecule has 0 bridgehead atoms. The molecule has 184 valence electrons. The second kappa shape index (κ2) is 7.05. The van der Waals surface area contributed by atoms with Crippen molar-refractivity contribution in [2.24, 2.45) is 0 Å². The van der Waals surface area contributed by atoms with E-state index in [9.17, 15) is 10.2 Å². The summed E-state index contributed by atoms with van der Waals surface area (Å²) in [6.45, 7) is 7.45. The van der Waals surface area contributed by atoms with Gasteiger partial charge in [0.25, 0.3) is 0 Å². The van der Waals surface area contributed by atoms with Crippen molar-refractivity contribution in [3.63, 3.8) is 0 Å². The van der Waals surface area contributed by atoms with Crippen LogP contribution in [0.3, 0.4) is 0 Å². The van der Waals surface area contributed by atoms with Gasteiger partial charge in [0.1, 0.15) is 23.0 Å². The summed E-state index contributed by atoms with van der Waals surface area (Å²) in [5, 5.41) is 26.8. The van der Waals surface area contributed by atoms with E-state index in [1.807, 2.05) is 88.4 Å². The van der Waals surface area contributed by atoms with Crippen molar-refractivity contribution in [1.29, 1.82) is 0 Å². The minimum atomic E-state index is -0.866. The van der Waals surface area contributed by atoms with Crippen molar-refractivity contribution in [2.45, 2.75) is 63.3 Å². The summed E-state index contributed by atoms with van der Waals surface area (Å²) in [6, 6.07) is 19.7. The van der Waals surface area contributed by atoms with E-state index in [1.165, 1.54) is 0 Å². The summed E-state index contributed by atoms with van der Waals surface area (Å²) < 4.78 is 24.7. The minimum absolute atomic E-state index is 0.512. The van der Waals surface area contributed by atoms with E-state index in [0.29, 0.717) is 11.5 Å². The number of aliphatic hydroxyl groups excluding tert-OH is 2. The van der Waals surface area contributed by atoms with Gasteiger partial charge in [-0.1, -0.05) is 48.5 Å². The predicted molar refractivity (Wildman–Crippen MR) is 136 cm³/mol. The molecule has 4 aromatic carbocycles. The van der Waals surface area contributed by atoms with Gasteiger partial charge in [-0.2, -0.15) is 0 Å². The minimum Gasteiger partial charge on any atom is -0.452 e. The lowest BCUT2D eigenvalue weighted by Gasteiger charge is -2.49. The van der Waals surface area contributed by atoms with Crippen LogP contribution >= 0.6 is 0 Å². The predicted octanol–water partition coefficient (Wildman–Crippen LogP) is 5.61. The normalized spacial score (nSPS) is 26.8. The van der Waals surface area contributed by atoms with Gasteiger partial charge in [-0.3, -0.25) is 0 Å². The lowest BCUT2D eigenvalue weighted by atomic mass is 9.62. The first-order valence-electron chi connectivity index (χ1n) is 12.4. The highest BCUT2D eigenvalue weighted by molar-refractivity contribution is 5.97. The third-order valence-electron chi connectivity index (χ3n) is 7.58. The third-order valence-corrected chi connectivity index (χ3v) is 7.58. The van der Waals surface area contributed by atoms with Crippen molar-refractivity contribution < 1.29 is 29.2 Å². The van der Waals surface area contributed by atoms with E-state index in [4.69, 9.17) is 18.9 Å². The number of rotatable bonds is 2. The first-order valence-corrected chi connectivity index (χ1v) is 12.4. The van der Waals surface area contributed by atoms with Crippen LogP contribution in [0, 0.1) is 0 Å². The molecule has 2 N–H and O–H groups in total. The first-order chi connectivity index (χ1) is 17.1. The molecular formula is C30H28O6. The molecule has 3 aliphatic rings. The van der Waals surface area contributed by atoms with Gasteiger partial charge in [0.05, 0.1) is 23.0 Å². The van der Waals surface area contributed by atoms with E-state index < -0.39 is 35.6 Å². The third kappa shape index (κ3) is 2.98. The molecule has 7 rings (SSSR count). The SMILES string of the molecule is CC1(C)Oc2cccc3ccc(C4C(O)C(c5ccc6cccc7c6c5OC(C)(C)O7)C4O)c(c23)O1. The van der Waals surface area contributed by atoms with E-state index in [-0.39, 0.29) is 0 Å². The number of hydrogen-bond acceptors (Lipinski definition) is 6. The Kier molecular flexibility index (Phi) is 4.27. The second-order valence-corrected chi connectivity index (χ2v) is 10.9. The molecule has 2 aliphatic heterocycles. The van der Waals surface area contributed by atoms with Gasteiger partial charge in [-0.15, -0.1) is 0 Å². The van der Waals surface area contributed by atoms with Crippen LogP contribution in [-0.4, -0.2) is 34.0 Å². The van der Waals surface area contributed by atoms with Gasteiger partial charge in [-0.25, -0.2) is 0 Å². The Hall–Kier alpha value is -3.48. The Bertz CT molecular complexity index is 1430. The lowest BCUT2D eigenvalue weighted by Crippen LogP contribution is -2.52. The number of benzene rings is 4. The van der Waals surface area contributed by atoms with E-state index >= 15 is 0 Å². The van der Waals surface area contributed by atoms with Crippen LogP contribution in [0.1, 0.15) is 50.7 Å². The van der Waals surface area contributed by atoms with Gasteiger partial charge in [-0.05, 0) is 22.9 Å². The zero-order valence-corrected chi connectivity index (χ0v) is 20.6. The van der Waals surface area contributed by atoms with Crippen molar-refractivity contribution in [1.82, 2.24) is 0 Å². The van der Waals surface area contributed by atoms with Crippen LogP contribution in [0.15, 0.2) is 60.7 Å². The highest BCUT2D eigenvalue weighted by atomic mass is 16.7. The highest BCUT2D eigenvalue weighted by Gasteiger charge is 2.53. The Labute approximate surface area is 209 Å². The molecule has 1 saturated carbocycles. The van der Waals surface area contributed by atoms with Crippen LogP contribution in [0.4, 0.5) is 0 Å². The molecule has 0 unspecified atom stereocenters. The van der Waals surface area contributed by atoms with Crippen molar-refractivity contribution in [3.8, 4) is 23.0 Å². The number of hydrogen-bond donors (Lipinski definition) is 2. The van der Waals surface area contributed by atoms with Gasteiger partial charge in [0, 0.05) is 50.7 Å². The molecule has 0 amide bonds. The molecule has 4 aromatic rings. The monoisotopic (exact) mass is 484 g/mol. The van der Waals surface area contributed by atoms with Gasteiger partial charge < -0.3 is 29.2 Å². The van der Waals surface area contributed by atoms with Crippen LogP contribution in [-0.2, 0) is 0 Å². The summed E-state index contributed by atoms with van der Waals surface area (Å²) in [4.78, 5) is 0. The summed E-state index contributed by atoms with van der Waals surface area (Å²) in [5.41, 5.74) is 1.56. The van der Waals surface area contributed by atoms with E-state index in [2.05, 4.69) is 0 Å². The fourth-order valence-electron chi connectivity index (χ4n) is 6.08. The average molecular weight is 485 g/mol. The number of ether oxygens (including phenoxy) is 4. The molecule has 6 nitrogen and oxygen atoms in total. The summed E-state index contributed by atoms with van der Waals surface area (Å²) >= 11 is 0. The van der Waals surface area contributed by atoms with Gasteiger partial charge >= 0.3 is 0 Å². The summed E-state index contributed by atoms with van der Waals surface area (Å²) in [5.74, 6) is 0.0429. The molecule has 0 atom stereocenters. The van der Waals surface area contributed by atoms with Gasteiger partial charge in [0.2, 0.25) is 11.6 Å². The van der Waals surface area contributed by atoms with Crippen LogP contribution in [0.2, 0.25) is 0 Å². The number of aliphatic hydroxyl groups is 2. The highest BCUT2D eigenvalue weighted by Crippen LogP contribution is 2.57. The topological polar surface area (TPSA) is 77.4 Å². The smallest absolute Gasteiger partial charge is 0.245 e. The van der Waals surface area contributed by atoms with E-state index in [0.717, 1.165) is 44.2 Å². The molecular weight excluding hydrogens is 456 g/mol. The van der Waals surface area contributed by atoms with Crippen LogP contribution in [0.25, 0.3) is 21.5 Å². The average Bonchev–Trinajstić information content (AvgIpc) is 2.81. The van der Waals surface area contributed by atoms with Crippen molar-refractivity contribution in [2.75, 3.05) is 0 Å². The maximum atomic E-state index is 11.5. The fraction of sp³-hybridized carbons (Fsp3) is 0.333. The molecule has 0 aromatic heterocycles. The van der Waals surface area contributed by atoms with Crippen molar-refractivity contribution in [3.05, 3.63) is 71.8 Å². The largest absolute Gasteiger partial charge is 0.452 e. The molecule has 6 heteroatoms.